The van der Waals surface area contributed by atoms with Gasteiger partial charge in [-0.05, 0) is 31.6 Å². The molecule has 0 aromatic heterocycles. The minimum atomic E-state index is 0.0885. The third-order valence-corrected chi connectivity index (χ3v) is 3.29. The molecule has 1 unspecified atom stereocenters. The lowest BCUT2D eigenvalue weighted by atomic mass is 9.76. The van der Waals surface area contributed by atoms with E-state index in [9.17, 15) is 0 Å². The summed E-state index contributed by atoms with van der Waals surface area (Å²) in [6, 6.07) is 2.41. The number of hydrogen-bond acceptors (Lipinski definition) is 1. The van der Waals surface area contributed by atoms with Gasteiger partial charge in [-0.15, -0.1) is 0 Å². The summed E-state index contributed by atoms with van der Waals surface area (Å²) in [5, 5.41) is 8.72. The molecule has 0 N–H and O–H groups in total. The third kappa shape index (κ3) is 0.409. The van der Waals surface area contributed by atoms with E-state index in [1.54, 1.807) is 0 Å². The van der Waals surface area contributed by atoms with Gasteiger partial charge in [-0.3, -0.25) is 0 Å². The maximum atomic E-state index is 8.72. The van der Waals surface area contributed by atoms with Gasteiger partial charge in [0, 0.05) is 0 Å². The minimum Gasteiger partial charge on any atom is -0.198 e. The lowest BCUT2D eigenvalue weighted by Gasteiger charge is -2.27. The first-order valence-corrected chi connectivity index (χ1v) is 3.64. The van der Waals surface area contributed by atoms with E-state index < -0.39 is 0 Å². The Kier molecular flexibility index (Phi) is 0.682. The van der Waals surface area contributed by atoms with Crippen LogP contribution in [0.25, 0.3) is 0 Å². The normalized spacial score (nSPS) is 43.6. The summed E-state index contributed by atoms with van der Waals surface area (Å²) >= 11 is 0. The molecular formula is C8H11N. The van der Waals surface area contributed by atoms with Gasteiger partial charge in [0.05, 0.1) is 11.5 Å². The van der Waals surface area contributed by atoms with Crippen molar-refractivity contribution >= 4 is 0 Å². The summed E-state index contributed by atoms with van der Waals surface area (Å²) in [6.07, 6.45) is 5.17. The van der Waals surface area contributed by atoms with Crippen LogP contribution in [0, 0.1) is 22.2 Å². The van der Waals surface area contributed by atoms with Crippen LogP contribution >= 0.6 is 0 Å². The number of nitrogens with zero attached hydrogens (tertiary/aromatic N) is 1. The first-order valence-electron chi connectivity index (χ1n) is 3.64. The van der Waals surface area contributed by atoms with Crippen LogP contribution < -0.4 is 0 Å². The first kappa shape index (κ1) is 5.29. The Bertz CT molecular complexity index is 185. The van der Waals surface area contributed by atoms with Crippen molar-refractivity contribution in [2.75, 3.05) is 0 Å². The zero-order valence-corrected chi connectivity index (χ0v) is 5.78. The van der Waals surface area contributed by atoms with Crippen molar-refractivity contribution in [2.45, 2.75) is 32.6 Å². The molecule has 0 aliphatic heterocycles. The highest BCUT2D eigenvalue weighted by Crippen LogP contribution is 2.73. The number of nitriles is 1. The number of hydrogen-bond donors (Lipinski definition) is 0. The molecule has 2 aliphatic rings. The lowest BCUT2D eigenvalue weighted by Crippen LogP contribution is -2.18. The largest absolute Gasteiger partial charge is 0.198 e. The Labute approximate surface area is 55.7 Å². The molecule has 1 nitrogen and oxygen atoms in total. The predicted octanol–water partition coefficient (Wildman–Crippen LogP) is 2.09. The maximum Gasteiger partial charge on any atom is 0.0692 e. The molecule has 0 bridgehead atoms. The van der Waals surface area contributed by atoms with Gasteiger partial charge < -0.3 is 0 Å². The van der Waals surface area contributed by atoms with E-state index in [-0.39, 0.29) is 5.41 Å². The fourth-order valence-corrected chi connectivity index (χ4v) is 2.12. The van der Waals surface area contributed by atoms with E-state index >= 15 is 0 Å². The second kappa shape index (κ2) is 1.16. The van der Waals surface area contributed by atoms with E-state index in [4.69, 9.17) is 5.26 Å². The van der Waals surface area contributed by atoms with E-state index in [0.29, 0.717) is 5.41 Å². The Balaban J connectivity index is 2.17. The van der Waals surface area contributed by atoms with Crippen molar-refractivity contribution in [1.82, 2.24) is 0 Å². The fourth-order valence-electron chi connectivity index (χ4n) is 2.12. The molecule has 0 amide bonds. The van der Waals surface area contributed by atoms with Crippen molar-refractivity contribution < 1.29 is 0 Å². The SMILES string of the molecule is CC1(C#N)CC12CCC2. The second-order valence-corrected chi connectivity index (χ2v) is 3.75. The molecule has 1 spiro atoms. The molecular weight excluding hydrogens is 110 g/mol. The molecule has 0 saturated heterocycles. The van der Waals surface area contributed by atoms with Gasteiger partial charge in [0.15, 0.2) is 0 Å². The molecule has 2 fully saturated rings. The zero-order valence-electron chi connectivity index (χ0n) is 5.78. The van der Waals surface area contributed by atoms with Gasteiger partial charge in [-0.2, -0.15) is 5.26 Å². The van der Waals surface area contributed by atoms with Gasteiger partial charge in [-0.1, -0.05) is 6.42 Å². The molecule has 0 aromatic rings. The lowest BCUT2D eigenvalue weighted by molar-refractivity contribution is 0.239. The van der Waals surface area contributed by atoms with Crippen LogP contribution in [0.4, 0.5) is 0 Å². The maximum absolute atomic E-state index is 8.72. The third-order valence-electron chi connectivity index (χ3n) is 3.29. The fraction of sp³-hybridized carbons (Fsp3) is 0.875. The Morgan fingerprint density at radius 1 is 1.44 bits per heavy atom. The van der Waals surface area contributed by atoms with Gasteiger partial charge in [0.25, 0.3) is 0 Å². The van der Waals surface area contributed by atoms with Crippen LogP contribution in [0.3, 0.4) is 0 Å². The Morgan fingerprint density at radius 2 is 2.11 bits per heavy atom. The zero-order chi connectivity index (χ0) is 6.54. The first-order chi connectivity index (χ1) is 4.22. The van der Waals surface area contributed by atoms with E-state index in [0.717, 1.165) is 0 Å². The molecule has 1 heteroatoms. The van der Waals surface area contributed by atoms with Crippen molar-refractivity contribution in [3.05, 3.63) is 0 Å². The molecule has 48 valence electrons. The van der Waals surface area contributed by atoms with E-state index in [1.807, 2.05) is 0 Å². The number of rotatable bonds is 0. The van der Waals surface area contributed by atoms with Gasteiger partial charge >= 0.3 is 0 Å². The van der Waals surface area contributed by atoms with Gasteiger partial charge in [0.1, 0.15) is 0 Å². The summed E-state index contributed by atoms with van der Waals surface area (Å²) in [4.78, 5) is 0. The molecule has 0 heterocycles. The summed E-state index contributed by atoms with van der Waals surface area (Å²) in [5.41, 5.74) is 0.604. The Hall–Kier alpha value is -0.510. The van der Waals surface area contributed by atoms with Crippen LogP contribution in [-0.2, 0) is 0 Å². The van der Waals surface area contributed by atoms with Gasteiger partial charge in [0.2, 0.25) is 0 Å². The average Bonchev–Trinajstić information content (AvgIpc) is 2.38. The van der Waals surface area contributed by atoms with Crippen LogP contribution in [0.1, 0.15) is 32.6 Å². The van der Waals surface area contributed by atoms with Crippen molar-refractivity contribution in [3.63, 3.8) is 0 Å². The van der Waals surface area contributed by atoms with Crippen molar-refractivity contribution in [1.29, 1.82) is 5.26 Å². The summed E-state index contributed by atoms with van der Waals surface area (Å²) in [6.45, 7) is 2.10. The van der Waals surface area contributed by atoms with Crippen molar-refractivity contribution in [3.8, 4) is 6.07 Å². The van der Waals surface area contributed by atoms with Gasteiger partial charge in [-0.25, -0.2) is 0 Å². The summed E-state index contributed by atoms with van der Waals surface area (Å²) in [7, 11) is 0. The van der Waals surface area contributed by atoms with Crippen LogP contribution in [0.2, 0.25) is 0 Å². The van der Waals surface area contributed by atoms with Crippen molar-refractivity contribution in [2.24, 2.45) is 10.8 Å². The second-order valence-electron chi connectivity index (χ2n) is 3.75. The smallest absolute Gasteiger partial charge is 0.0692 e. The quantitative estimate of drug-likeness (QED) is 0.481. The molecule has 0 radical (unpaired) electrons. The van der Waals surface area contributed by atoms with Crippen LogP contribution in [-0.4, -0.2) is 0 Å². The standard InChI is InChI=1S/C8H11N/c1-7(6-9)5-8(7)3-2-4-8/h2-5H2,1H3. The highest BCUT2D eigenvalue weighted by molar-refractivity contribution is 5.25. The Morgan fingerprint density at radius 3 is 2.22 bits per heavy atom. The average molecular weight is 121 g/mol. The molecule has 0 aromatic carbocycles. The monoisotopic (exact) mass is 121 g/mol. The molecule has 1 atom stereocenters. The highest BCUT2D eigenvalue weighted by Gasteiger charge is 2.67. The van der Waals surface area contributed by atoms with E-state index in [2.05, 4.69) is 13.0 Å². The summed E-state index contributed by atoms with van der Waals surface area (Å²) < 4.78 is 0. The predicted molar refractivity (Wildman–Crippen MR) is 34.6 cm³/mol. The molecule has 2 aliphatic carbocycles. The topological polar surface area (TPSA) is 23.8 Å². The highest BCUT2D eigenvalue weighted by atomic mass is 14.7. The minimum absolute atomic E-state index is 0.0885. The molecule has 9 heavy (non-hydrogen) atoms. The summed E-state index contributed by atoms with van der Waals surface area (Å²) in [5.74, 6) is 0. The molecule has 2 rings (SSSR count). The van der Waals surface area contributed by atoms with Crippen LogP contribution in [0.5, 0.6) is 0 Å². The van der Waals surface area contributed by atoms with Crippen LogP contribution in [0.15, 0.2) is 0 Å². The molecule has 2 saturated carbocycles. The van der Waals surface area contributed by atoms with E-state index in [1.165, 1.54) is 25.7 Å².